The molecule has 0 aliphatic heterocycles. The van der Waals surface area contributed by atoms with E-state index in [0.717, 1.165) is 30.6 Å². The zero-order valence-corrected chi connectivity index (χ0v) is 6.68. The van der Waals surface area contributed by atoms with Crippen LogP contribution >= 0.6 is 0 Å². The van der Waals surface area contributed by atoms with Crippen LogP contribution in [0, 0.1) is 5.92 Å². The van der Waals surface area contributed by atoms with Crippen molar-refractivity contribution in [1.29, 1.82) is 0 Å². The largest absolute Gasteiger partial charge is 0.298 e. The standard InChI is InChI=1S/C9H14O/c1-3-8-4-7(2)9(5-8)6-10/h6,8H,3-5H2,1-2H3. The molecule has 0 amide bonds. The van der Waals surface area contributed by atoms with Crippen LogP contribution in [0.1, 0.15) is 33.1 Å². The molecule has 10 heavy (non-hydrogen) atoms. The van der Waals surface area contributed by atoms with E-state index in [1.54, 1.807) is 0 Å². The molecule has 56 valence electrons. The topological polar surface area (TPSA) is 17.1 Å². The molecule has 1 rings (SSSR count). The summed E-state index contributed by atoms with van der Waals surface area (Å²) in [5.41, 5.74) is 2.36. The molecular weight excluding hydrogens is 124 g/mol. The molecule has 1 nitrogen and oxygen atoms in total. The molecule has 1 heteroatoms. The van der Waals surface area contributed by atoms with Gasteiger partial charge < -0.3 is 0 Å². The lowest BCUT2D eigenvalue weighted by Gasteiger charge is -2.02. The average molecular weight is 138 g/mol. The van der Waals surface area contributed by atoms with Crippen LogP contribution < -0.4 is 0 Å². The Hall–Kier alpha value is -0.590. The Morgan fingerprint density at radius 2 is 2.30 bits per heavy atom. The quantitative estimate of drug-likeness (QED) is 0.535. The Balaban J connectivity index is 2.58. The number of rotatable bonds is 2. The number of aldehydes is 1. The SMILES string of the molecule is CCC1CC(C)=C(C=O)C1. The summed E-state index contributed by atoms with van der Waals surface area (Å²) >= 11 is 0. The van der Waals surface area contributed by atoms with E-state index in [4.69, 9.17) is 0 Å². The van der Waals surface area contributed by atoms with Gasteiger partial charge in [0.1, 0.15) is 6.29 Å². The van der Waals surface area contributed by atoms with Crippen molar-refractivity contribution in [2.24, 2.45) is 5.92 Å². The lowest BCUT2D eigenvalue weighted by Crippen LogP contribution is -1.91. The summed E-state index contributed by atoms with van der Waals surface area (Å²) in [6, 6.07) is 0. The fraction of sp³-hybridized carbons (Fsp3) is 0.667. The molecule has 0 aromatic carbocycles. The van der Waals surface area contributed by atoms with Gasteiger partial charge in [0, 0.05) is 0 Å². The molecule has 0 saturated heterocycles. The minimum absolute atomic E-state index is 0.750. The van der Waals surface area contributed by atoms with Gasteiger partial charge in [0.2, 0.25) is 0 Å². The summed E-state index contributed by atoms with van der Waals surface area (Å²) in [6.07, 6.45) is 4.38. The normalized spacial score (nSPS) is 25.6. The molecule has 0 bridgehead atoms. The minimum Gasteiger partial charge on any atom is -0.298 e. The minimum atomic E-state index is 0.750. The molecule has 0 heterocycles. The first-order valence-corrected chi connectivity index (χ1v) is 3.91. The van der Waals surface area contributed by atoms with E-state index in [2.05, 4.69) is 13.8 Å². The number of allylic oxidation sites excluding steroid dienone is 2. The predicted molar refractivity (Wildman–Crippen MR) is 41.8 cm³/mol. The van der Waals surface area contributed by atoms with Gasteiger partial charge in [-0.3, -0.25) is 4.79 Å². The van der Waals surface area contributed by atoms with Crippen LogP contribution in [0.15, 0.2) is 11.1 Å². The number of hydrogen-bond acceptors (Lipinski definition) is 1. The molecule has 0 radical (unpaired) electrons. The summed E-state index contributed by atoms with van der Waals surface area (Å²) in [6.45, 7) is 4.26. The highest BCUT2D eigenvalue weighted by molar-refractivity contribution is 5.75. The number of carbonyl (C=O) groups is 1. The van der Waals surface area contributed by atoms with E-state index in [1.165, 1.54) is 12.0 Å². The van der Waals surface area contributed by atoms with Gasteiger partial charge in [-0.05, 0) is 31.3 Å². The molecule has 0 fully saturated rings. The Kier molecular flexibility index (Phi) is 2.25. The van der Waals surface area contributed by atoms with Crippen LogP contribution in [-0.4, -0.2) is 6.29 Å². The fourth-order valence-corrected chi connectivity index (χ4v) is 1.56. The monoisotopic (exact) mass is 138 g/mol. The van der Waals surface area contributed by atoms with Crippen molar-refractivity contribution in [2.75, 3.05) is 0 Å². The summed E-state index contributed by atoms with van der Waals surface area (Å²) in [7, 11) is 0. The van der Waals surface area contributed by atoms with Gasteiger partial charge in [-0.15, -0.1) is 0 Å². The van der Waals surface area contributed by atoms with Crippen LogP contribution in [0.3, 0.4) is 0 Å². The van der Waals surface area contributed by atoms with Crippen LogP contribution in [0.2, 0.25) is 0 Å². The first-order valence-electron chi connectivity index (χ1n) is 3.91. The number of carbonyl (C=O) groups excluding carboxylic acids is 1. The Labute approximate surface area is 62.1 Å². The van der Waals surface area contributed by atoms with Crippen molar-refractivity contribution in [2.45, 2.75) is 33.1 Å². The average Bonchev–Trinajstić information content (AvgIpc) is 2.30. The van der Waals surface area contributed by atoms with E-state index in [0.29, 0.717) is 0 Å². The molecule has 0 aromatic heterocycles. The van der Waals surface area contributed by atoms with Crippen molar-refractivity contribution >= 4 is 6.29 Å². The van der Waals surface area contributed by atoms with Crippen LogP contribution in [-0.2, 0) is 4.79 Å². The van der Waals surface area contributed by atoms with Gasteiger partial charge in [0.25, 0.3) is 0 Å². The molecule has 1 aliphatic rings. The van der Waals surface area contributed by atoms with Crippen LogP contribution in [0.4, 0.5) is 0 Å². The van der Waals surface area contributed by atoms with E-state index in [-0.39, 0.29) is 0 Å². The van der Waals surface area contributed by atoms with Crippen LogP contribution in [0.25, 0.3) is 0 Å². The second-order valence-corrected chi connectivity index (χ2v) is 3.11. The summed E-state index contributed by atoms with van der Waals surface area (Å²) < 4.78 is 0. The van der Waals surface area contributed by atoms with Gasteiger partial charge in [-0.25, -0.2) is 0 Å². The third-order valence-electron chi connectivity index (χ3n) is 2.37. The second-order valence-electron chi connectivity index (χ2n) is 3.11. The number of hydrogen-bond donors (Lipinski definition) is 0. The highest BCUT2D eigenvalue weighted by Crippen LogP contribution is 2.31. The molecular formula is C9H14O. The van der Waals surface area contributed by atoms with E-state index in [1.807, 2.05) is 0 Å². The van der Waals surface area contributed by atoms with Crippen molar-refractivity contribution in [3.05, 3.63) is 11.1 Å². The van der Waals surface area contributed by atoms with Crippen molar-refractivity contribution in [1.82, 2.24) is 0 Å². The van der Waals surface area contributed by atoms with Crippen molar-refractivity contribution < 1.29 is 4.79 Å². The Morgan fingerprint density at radius 3 is 2.60 bits per heavy atom. The maximum absolute atomic E-state index is 10.4. The summed E-state index contributed by atoms with van der Waals surface area (Å²) in [4.78, 5) is 10.4. The summed E-state index contributed by atoms with van der Waals surface area (Å²) in [5, 5.41) is 0. The van der Waals surface area contributed by atoms with E-state index in [9.17, 15) is 4.79 Å². The smallest absolute Gasteiger partial charge is 0.145 e. The molecule has 0 spiro atoms. The van der Waals surface area contributed by atoms with Gasteiger partial charge in [-0.1, -0.05) is 18.9 Å². The first kappa shape index (κ1) is 7.52. The first-order chi connectivity index (χ1) is 4.77. The summed E-state index contributed by atoms with van der Waals surface area (Å²) in [5.74, 6) is 0.750. The van der Waals surface area contributed by atoms with Gasteiger partial charge in [-0.2, -0.15) is 0 Å². The van der Waals surface area contributed by atoms with Gasteiger partial charge >= 0.3 is 0 Å². The van der Waals surface area contributed by atoms with Crippen molar-refractivity contribution in [3.8, 4) is 0 Å². The third kappa shape index (κ3) is 1.28. The fourth-order valence-electron chi connectivity index (χ4n) is 1.56. The molecule has 1 unspecified atom stereocenters. The zero-order chi connectivity index (χ0) is 7.56. The zero-order valence-electron chi connectivity index (χ0n) is 6.68. The Morgan fingerprint density at radius 1 is 1.60 bits per heavy atom. The lowest BCUT2D eigenvalue weighted by molar-refractivity contribution is -0.105. The van der Waals surface area contributed by atoms with E-state index >= 15 is 0 Å². The van der Waals surface area contributed by atoms with Gasteiger partial charge in [0.15, 0.2) is 0 Å². The lowest BCUT2D eigenvalue weighted by atomic mass is 10.0. The highest BCUT2D eigenvalue weighted by atomic mass is 16.1. The van der Waals surface area contributed by atoms with Crippen LogP contribution in [0.5, 0.6) is 0 Å². The third-order valence-corrected chi connectivity index (χ3v) is 2.37. The second kappa shape index (κ2) is 3.00. The molecule has 0 aromatic rings. The molecule has 0 N–H and O–H groups in total. The maximum Gasteiger partial charge on any atom is 0.145 e. The molecule has 0 saturated carbocycles. The van der Waals surface area contributed by atoms with E-state index < -0.39 is 0 Å². The molecule has 1 atom stereocenters. The highest BCUT2D eigenvalue weighted by Gasteiger charge is 2.18. The predicted octanol–water partition coefficient (Wildman–Crippen LogP) is 2.32. The maximum atomic E-state index is 10.4. The molecule has 1 aliphatic carbocycles. The van der Waals surface area contributed by atoms with Crippen molar-refractivity contribution in [3.63, 3.8) is 0 Å². The Bertz CT molecular complexity index is 168. The van der Waals surface area contributed by atoms with Gasteiger partial charge in [0.05, 0.1) is 0 Å².